The van der Waals surface area contributed by atoms with E-state index < -0.39 is 0 Å². The lowest BCUT2D eigenvalue weighted by molar-refractivity contribution is -0.126. The van der Waals surface area contributed by atoms with E-state index in [1.807, 2.05) is 18.2 Å². The average molecular weight is 437 g/mol. The fraction of sp³-hybridized carbons (Fsp3) is 0.375. The summed E-state index contributed by atoms with van der Waals surface area (Å²) in [4.78, 5) is 38.5. The molecule has 2 saturated heterocycles. The minimum atomic E-state index is -0.374. The Morgan fingerprint density at radius 3 is 2.59 bits per heavy atom. The largest absolute Gasteiger partial charge is 0.484 e. The zero-order valence-corrected chi connectivity index (χ0v) is 17.8. The van der Waals surface area contributed by atoms with Gasteiger partial charge in [-0.2, -0.15) is 0 Å². The summed E-state index contributed by atoms with van der Waals surface area (Å²) < 4.78 is 11.1. The fourth-order valence-corrected chi connectivity index (χ4v) is 3.89. The van der Waals surface area contributed by atoms with Crippen molar-refractivity contribution in [2.45, 2.75) is 25.4 Å². The molecule has 0 radical (unpaired) electrons. The van der Waals surface area contributed by atoms with Crippen LogP contribution in [0.3, 0.4) is 0 Å². The lowest BCUT2D eigenvalue weighted by Gasteiger charge is -2.18. The zero-order chi connectivity index (χ0) is 22.3. The monoisotopic (exact) mass is 437 g/mol. The number of nitrogens with zero attached hydrogens (tertiary/aromatic N) is 1. The van der Waals surface area contributed by atoms with Crippen LogP contribution < -0.4 is 20.3 Å². The summed E-state index contributed by atoms with van der Waals surface area (Å²) in [6.45, 7) is 1.46. The lowest BCUT2D eigenvalue weighted by atomic mass is 10.1. The molecule has 168 valence electrons. The smallest absolute Gasteiger partial charge is 0.262 e. The standard InChI is InChI=1S/C24H27N3O5/c28-22(26-18-5-2-1-3-6-18)16-32-20-10-8-19(9-11-20)27-15-17(13-23(27)29)24(30)25-14-21-7-4-12-31-21/h1-3,5-6,8-11,17,21H,4,7,12-16H2,(H,25,30)(H,26,28)/t17-,21+/m0/s1. The van der Waals surface area contributed by atoms with Crippen molar-refractivity contribution in [2.75, 3.05) is 36.5 Å². The number of nitrogens with one attached hydrogen (secondary N) is 2. The zero-order valence-electron chi connectivity index (χ0n) is 17.8. The van der Waals surface area contributed by atoms with Gasteiger partial charge in [0, 0.05) is 37.5 Å². The van der Waals surface area contributed by atoms with E-state index in [4.69, 9.17) is 9.47 Å². The molecule has 32 heavy (non-hydrogen) atoms. The quantitative estimate of drug-likeness (QED) is 0.661. The molecule has 0 unspecified atom stereocenters. The molecule has 2 N–H and O–H groups in total. The van der Waals surface area contributed by atoms with Crippen LogP contribution in [-0.4, -0.2) is 50.1 Å². The Hall–Kier alpha value is -3.39. The van der Waals surface area contributed by atoms with Crippen molar-refractivity contribution in [3.05, 3.63) is 54.6 Å². The van der Waals surface area contributed by atoms with Crippen molar-refractivity contribution >= 4 is 29.1 Å². The topological polar surface area (TPSA) is 97.0 Å². The highest BCUT2D eigenvalue weighted by Gasteiger charge is 2.35. The van der Waals surface area contributed by atoms with Crippen LogP contribution in [0.25, 0.3) is 0 Å². The van der Waals surface area contributed by atoms with Crippen LogP contribution in [-0.2, 0) is 19.1 Å². The molecule has 2 atom stereocenters. The molecule has 2 aromatic carbocycles. The molecule has 2 fully saturated rings. The van der Waals surface area contributed by atoms with Gasteiger partial charge >= 0.3 is 0 Å². The third-order valence-electron chi connectivity index (χ3n) is 5.60. The number of hydrogen-bond acceptors (Lipinski definition) is 5. The van der Waals surface area contributed by atoms with Gasteiger partial charge in [0.05, 0.1) is 12.0 Å². The summed E-state index contributed by atoms with van der Waals surface area (Å²) in [5.41, 5.74) is 1.41. The first-order valence-corrected chi connectivity index (χ1v) is 10.9. The van der Waals surface area contributed by atoms with Gasteiger partial charge in [-0.3, -0.25) is 14.4 Å². The molecule has 0 aromatic heterocycles. The molecule has 2 aliphatic rings. The summed E-state index contributed by atoms with van der Waals surface area (Å²) >= 11 is 0. The van der Waals surface area contributed by atoms with E-state index >= 15 is 0 Å². The van der Waals surface area contributed by atoms with Crippen LogP contribution in [0.2, 0.25) is 0 Å². The molecule has 2 aliphatic heterocycles. The van der Waals surface area contributed by atoms with Crippen LogP contribution >= 0.6 is 0 Å². The number of benzene rings is 2. The second-order valence-electron chi connectivity index (χ2n) is 7.98. The van der Waals surface area contributed by atoms with Crippen LogP contribution in [0, 0.1) is 5.92 Å². The normalized spacial score (nSPS) is 20.2. The van der Waals surface area contributed by atoms with Gasteiger partial charge in [0.1, 0.15) is 5.75 Å². The number of amides is 3. The van der Waals surface area contributed by atoms with Crippen molar-refractivity contribution in [3.8, 4) is 5.75 Å². The van der Waals surface area contributed by atoms with Crippen molar-refractivity contribution in [1.82, 2.24) is 5.32 Å². The van der Waals surface area contributed by atoms with Crippen molar-refractivity contribution in [2.24, 2.45) is 5.92 Å². The Bertz CT molecular complexity index is 942. The van der Waals surface area contributed by atoms with E-state index in [9.17, 15) is 14.4 Å². The highest BCUT2D eigenvalue weighted by atomic mass is 16.5. The summed E-state index contributed by atoms with van der Waals surface area (Å²) in [5.74, 6) is -0.304. The van der Waals surface area contributed by atoms with Gasteiger partial charge in [0.15, 0.2) is 6.61 Å². The molecule has 2 aromatic rings. The van der Waals surface area contributed by atoms with Crippen molar-refractivity contribution in [1.29, 1.82) is 0 Å². The fourth-order valence-electron chi connectivity index (χ4n) is 3.89. The van der Waals surface area contributed by atoms with E-state index in [1.165, 1.54) is 0 Å². The summed E-state index contributed by atoms with van der Waals surface area (Å²) in [7, 11) is 0. The van der Waals surface area contributed by atoms with E-state index in [0.29, 0.717) is 30.2 Å². The predicted molar refractivity (Wildman–Crippen MR) is 119 cm³/mol. The molecule has 2 heterocycles. The van der Waals surface area contributed by atoms with Crippen LogP contribution in [0.1, 0.15) is 19.3 Å². The lowest BCUT2D eigenvalue weighted by Crippen LogP contribution is -2.37. The number of hydrogen-bond donors (Lipinski definition) is 2. The van der Waals surface area contributed by atoms with Gasteiger partial charge in [-0.05, 0) is 49.2 Å². The highest BCUT2D eigenvalue weighted by molar-refractivity contribution is 6.00. The SMILES string of the molecule is O=C(COc1ccc(N2C[C@@H](C(=O)NC[C@H]3CCCO3)CC2=O)cc1)Nc1ccccc1. The summed E-state index contributed by atoms with van der Waals surface area (Å²) in [6.07, 6.45) is 2.25. The molecule has 0 spiro atoms. The number of carbonyl (C=O) groups excluding carboxylic acids is 3. The Morgan fingerprint density at radius 1 is 1.09 bits per heavy atom. The third kappa shape index (κ3) is 5.64. The third-order valence-corrected chi connectivity index (χ3v) is 5.60. The second kappa shape index (κ2) is 10.3. The summed E-state index contributed by atoms with van der Waals surface area (Å²) in [5, 5.41) is 5.67. The second-order valence-corrected chi connectivity index (χ2v) is 7.98. The number of para-hydroxylation sites is 1. The molecular formula is C24H27N3O5. The summed E-state index contributed by atoms with van der Waals surface area (Å²) in [6, 6.07) is 16.1. The van der Waals surface area contributed by atoms with E-state index in [0.717, 1.165) is 19.4 Å². The van der Waals surface area contributed by atoms with Crippen LogP contribution in [0.4, 0.5) is 11.4 Å². The van der Waals surface area contributed by atoms with Gasteiger partial charge in [0.2, 0.25) is 11.8 Å². The molecule has 0 aliphatic carbocycles. The maximum Gasteiger partial charge on any atom is 0.262 e. The average Bonchev–Trinajstić information content (AvgIpc) is 3.47. The Kier molecular flexibility index (Phi) is 7.01. The maximum atomic E-state index is 12.5. The van der Waals surface area contributed by atoms with Crippen molar-refractivity contribution < 1.29 is 23.9 Å². The van der Waals surface area contributed by atoms with Gasteiger partial charge in [0.25, 0.3) is 5.91 Å². The van der Waals surface area contributed by atoms with Crippen LogP contribution in [0.15, 0.2) is 54.6 Å². The molecule has 0 bridgehead atoms. The first-order valence-electron chi connectivity index (χ1n) is 10.9. The van der Waals surface area contributed by atoms with Gasteiger partial charge < -0.3 is 25.0 Å². The van der Waals surface area contributed by atoms with Crippen LogP contribution in [0.5, 0.6) is 5.75 Å². The molecular weight excluding hydrogens is 410 g/mol. The number of rotatable bonds is 8. The Balaban J connectivity index is 1.25. The van der Waals surface area contributed by atoms with E-state index in [2.05, 4.69) is 10.6 Å². The minimum Gasteiger partial charge on any atom is -0.484 e. The Morgan fingerprint density at radius 2 is 1.88 bits per heavy atom. The van der Waals surface area contributed by atoms with Gasteiger partial charge in [-0.15, -0.1) is 0 Å². The molecule has 0 saturated carbocycles. The first kappa shape index (κ1) is 21.8. The number of ether oxygens (including phenoxy) is 2. The molecule has 3 amide bonds. The van der Waals surface area contributed by atoms with Crippen molar-refractivity contribution in [3.63, 3.8) is 0 Å². The number of carbonyl (C=O) groups is 3. The Labute approximate surface area is 186 Å². The highest BCUT2D eigenvalue weighted by Crippen LogP contribution is 2.27. The molecule has 8 nitrogen and oxygen atoms in total. The van der Waals surface area contributed by atoms with Gasteiger partial charge in [-0.25, -0.2) is 0 Å². The van der Waals surface area contributed by atoms with E-state index in [-0.39, 0.29) is 42.8 Å². The maximum absolute atomic E-state index is 12.5. The molecule has 8 heteroatoms. The number of anilines is 2. The molecule has 4 rings (SSSR count). The van der Waals surface area contributed by atoms with E-state index in [1.54, 1.807) is 41.3 Å². The van der Waals surface area contributed by atoms with Gasteiger partial charge in [-0.1, -0.05) is 18.2 Å². The predicted octanol–water partition coefficient (Wildman–Crippen LogP) is 2.35. The first-order chi connectivity index (χ1) is 15.6. The minimum absolute atomic E-state index is 0.0782.